The quantitative estimate of drug-likeness (QED) is 0.535. The zero-order valence-corrected chi connectivity index (χ0v) is 10.6. The van der Waals surface area contributed by atoms with Gasteiger partial charge in [0.1, 0.15) is 5.69 Å². The van der Waals surface area contributed by atoms with Crippen LogP contribution in [0.1, 0.15) is 5.69 Å². The first-order valence-electron chi connectivity index (χ1n) is 5.69. The molecule has 1 aliphatic rings. The molecule has 0 unspecified atom stereocenters. The number of fused-ring (bicyclic) bond motifs is 1. The van der Waals surface area contributed by atoms with Gasteiger partial charge in [0.2, 0.25) is 5.88 Å². The van der Waals surface area contributed by atoms with Crippen molar-refractivity contribution in [1.29, 1.82) is 0 Å². The van der Waals surface area contributed by atoms with Crippen LogP contribution in [0.2, 0.25) is 0 Å². The number of carbonyl (C=O) groups excluding carboxylic acids is 1. The molecule has 19 heavy (non-hydrogen) atoms. The van der Waals surface area contributed by atoms with E-state index in [4.69, 9.17) is 12.2 Å². The van der Waals surface area contributed by atoms with Gasteiger partial charge in [0, 0.05) is 5.57 Å². The number of aromatic amines is 2. The number of Topliss-reactive ketones (excluding diaryl/α,β-unsaturated/α-hetero) is 1. The van der Waals surface area contributed by atoms with Gasteiger partial charge in [-0.15, -0.1) is 0 Å². The first-order chi connectivity index (χ1) is 9.13. The number of hydrogen-bond donors (Lipinski definition) is 3. The van der Waals surface area contributed by atoms with E-state index < -0.39 is 0 Å². The molecule has 1 aliphatic carbocycles. The van der Waals surface area contributed by atoms with Crippen LogP contribution in [0.5, 0.6) is 5.88 Å². The third-order valence-corrected chi connectivity index (χ3v) is 3.12. The summed E-state index contributed by atoms with van der Waals surface area (Å²) in [6.07, 6.45) is 4.96. The van der Waals surface area contributed by atoms with Gasteiger partial charge in [0.15, 0.2) is 10.6 Å². The molecule has 3 N–H and O–H groups in total. The molecule has 0 amide bonds. The summed E-state index contributed by atoms with van der Waals surface area (Å²) < 4.78 is 0.317. The molecule has 94 valence electrons. The van der Waals surface area contributed by atoms with E-state index in [9.17, 15) is 9.90 Å². The number of allylic oxidation sites excluding steroid dienone is 1. The Labute approximate surface area is 113 Å². The Balaban J connectivity index is 2.18. The van der Waals surface area contributed by atoms with Gasteiger partial charge in [0.25, 0.3) is 0 Å². The highest BCUT2D eigenvalue weighted by molar-refractivity contribution is 7.71. The summed E-state index contributed by atoms with van der Waals surface area (Å²) in [7, 11) is 0. The van der Waals surface area contributed by atoms with Crippen molar-refractivity contribution in [3.63, 3.8) is 0 Å². The SMILES string of the molecule is O=C1C=c2ccccc2=C/C1=C\c1[nH]c(=S)[nH]c1O. The smallest absolute Gasteiger partial charge is 0.215 e. The third kappa shape index (κ3) is 2.15. The molecule has 0 fully saturated rings. The number of nitrogens with one attached hydrogen (secondary N) is 2. The molecule has 0 saturated carbocycles. The summed E-state index contributed by atoms with van der Waals surface area (Å²) in [5.74, 6) is -0.170. The molecule has 2 aromatic rings. The topological polar surface area (TPSA) is 68.9 Å². The van der Waals surface area contributed by atoms with Gasteiger partial charge in [-0.1, -0.05) is 24.3 Å². The largest absolute Gasteiger partial charge is 0.493 e. The highest BCUT2D eigenvalue weighted by atomic mass is 32.1. The zero-order chi connectivity index (χ0) is 13.4. The predicted molar refractivity (Wildman–Crippen MR) is 75.2 cm³/mol. The number of hydrogen-bond acceptors (Lipinski definition) is 3. The summed E-state index contributed by atoms with van der Waals surface area (Å²) in [6, 6.07) is 7.63. The lowest BCUT2D eigenvalue weighted by Crippen LogP contribution is -2.29. The van der Waals surface area contributed by atoms with Crippen LogP contribution in [0.4, 0.5) is 0 Å². The number of aromatic hydroxyl groups is 1. The van der Waals surface area contributed by atoms with Crippen LogP contribution in [0, 0.1) is 4.77 Å². The van der Waals surface area contributed by atoms with Crippen LogP contribution in [0.25, 0.3) is 18.2 Å². The number of H-pyrrole nitrogens is 2. The molecule has 0 radical (unpaired) electrons. The molecule has 4 nitrogen and oxygen atoms in total. The van der Waals surface area contributed by atoms with Gasteiger partial charge in [0.05, 0.1) is 0 Å². The zero-order valence-electron chi connectivity index (χ0n) is 9.81. The van der Waals surface area contributed by atoms with Gasteiger partial charge < -0.3 is 15.1 Å². The molecule has 0 bridgehead atoms. The van der Waals surface area contributed by atoms with Crippen LogP contribution in [-0.4, -0.2) is 20.9 Å². The molecule has 0 aliphatic heterocycles. The fraction of sp³-hybridized carbons (Fsp3) is 0. The Kier molecular flexibility index (Phi) is 2.68. The third-order valence-electron chi connectivity index (χ3n) is 2.91. The lowest BCUT2D eigenvalue weighted by atomic mass is 10.0. The minimum Gasteiger partial charge on any atom is -0.493 e. The van der Waals surface area contributed by atoms with Crippen LogP contribution in [0.3, 0.4) is 0 Å². The molecule has 0 saturated heterocycles. The summed E-state index contributed by atoms with van der Waals surface area (Å²) in [5, 5.41) is 11.5. The minimum atomic E-state index is -0.0985. The second-order valence-electron chi connectivity index (χ2n) is 4.22. The van der Waals surface area contributed by atoms with Gasteiger partial charge in [-0.2, -0.15) is 0 Å². The molecule has 1 aromatic carbocycles. The van der Waals surface area contributed by atoms with Crippen molar-refractivity contribution in [2.45, 2.75) is 0 Å². The molecule has 0 atom stereocenters. The number of rotatable bonds is 1. The van der Waals surface area contributed by atoms with E-state index >= 15 is 0 Å². The monoisotopic (exact) mass is 270 g/mol. The average molecular weight is 270 g/mol. The van der Waals surface area contributed by atoms with E-state index in [0.717, 1.165) is 10.4 Å². The van der Waals surface area contributed by atoms with E-state index in [-0.39, 0.29) is 11.7 Å². The Morgan fingerprint density at radius 2 is 1.79 bits per heavy atom. The number of ketones is 1. The van der Waals surface area contributed by atoms with E-state index in [0.29, 0.717) is 16.0 Å². The summed E-state index contributed by atoms with van der Waals surface area (Å²) in [5.41, 5.74) is 0.900. The minimum absolute atomic E-state index is 0.0717. The maximum atomic E-state index is 12.0. The molecular weight excluding hydrogens is 260 g/mol. The van der Waals surface area contributed by atoms with Gasteiger partial charge in [-0.25, -0.2) is 0 Å². The highest BCUT2D eigenvalue weighted by Gasteiger charge is 2.10. The fourth-order valence-electron chi connectivity index (χ4n) is 2.00. The average Bonchev–Trinajstić information content (AvgIpc) is 2.69. The van der Waals surface area contributed by atoms with Crippen molar-refractivity contribution >= 4 is 36.2 Å². The maximum Gasteiger partial charge on any atom is 0.215 e. The van der Waals surface area contributed by atoms with E-state index in [1.54, 1.807) is 18.2 Å². The van der Waals surface area contributed by atoms with E-state index in [1.807, 2.05) is 24.3 Å². The number of carbonyl (C=O) groups is 1. The molecule has 5 heteroatoms. The van der Waals surface area contributed by atoms with Gasteiger partial charge in [-0.05, 0) is 40.9 Å². The summed E-state index contributed by atoms with van der Waals surface area (Å²) in [4.78, 5) is 17.3. The van der Waals surface area contributed by atoms with Crippen LogP contribution in [-0.2, 0) is 4.79 Å². The Hall–Kier alpha value is -2.40. The fourth-order valence-corrected chi connectivity index (χ4v) is 2.20. The van der Waals surface area contributed by atoms with Crippen molar-refractivity contribution in [2.75, 3.05) is 0 Å². The van der Waals surface area contributed by atoms with Crippen molar-refractivity contribution in [1.82, 2.24) is 9.97 Å². The molecule has 1 heterocycles. The van der Waals surface area contributed by atoms with Crippen molar-refractivity contribution < 1.29 is 9.90 Å². The standard InChI is InChI=1S/C14H10N2O2S/c17-12-7-9-4-2-1-3-8(9)5-10(12)6-11-13(18)16-14(19)15-11/h1-7,18H,(H2,15,16,19)/b10-6+. The maximum absolute atomic E-state index is 12.0. The molecule has 0 spiro atoms. The number of aromatic nitrogens is 2. The van der Waals surface area contributed by atoms with Crippen molar-refractivity contribution in [3.05, 3.63) is 50.7 Å². The molecule has 1 aromatic heterocycles. The van der Waals surface area contributed by atoms with Gasteiger partial charge in [-0.3, -0.25) is 4.79 Å². The predicted octanol–water partition coefficient (Wildman–Crippen LogP) is 1.01. The van der Waals surface area contributed by atoms with E-state index in [1.165, 1.54) is 0 Å². The van der Waals surface area contributed by atoms with Crippen LogP contribution in [0.15, 0.2) is 29.8 Å². The van der Waals surface area contributed by atoms with Gasteiger partial charge >= 0.3 is 0 Å². The Morgan fingerprint density at radius 1 is 1.11 bits per heavy atom. The first-order valence-corrected chi connectivity index (χ1v) is 6.10. The molecular formula is C14H10N2O2S. The summed E-state index contributed by atoms with van der Waals surface area (Å²) >= 11 is 4.88. The van der Waals surface area contributed by atoms with Crippen LogP contribution < -0.4 is 10.4 Å². The Morgan fingerprint density at radius 3 is 2.42 bits per heavy atom. The lowest BCUT2D eigenvalue weighted by molar-refractivity contribution is -0.109. The Bertz CT molecular complexity index is 871. The second-order valence-corrected chi connectivity index (χ2v) is 4.63. The summed E-state index contributed by atoms with van der Waals surface area (Å²) in [6.45, 7) is 0. The second kappa shape index (κ2) is 4.37. The molecule has 3 rings (SSSR count). The van der Waals surface area contributed by atoms with Crippen LogP contribution >= 0.6 is 12.2 Å². The van der Waals surface area contributed by atoms with Crippen molar-refractivity contribution in [3.8, 4) is 5.88 Å². The van der Waals surface area contributed by atoms with E-state index in [2.05, 4.69) is 9.97 Å². The first kappa shape index (κ1) is 11.7. The lowest BCUT2D eigenvalue weighted by Gasteiger charge is -2.03. The normalized spacial score (nSPS) is 15.8. The highest BCUT2D eigenvalue weighted by Crippen LogP contribution is 2.17. The number of benzene rings is 1. The van der Waals surface area contributed by atoms with Crippen molar-refractivity contribution in [2.24, 2.45) is 0 Å². The number of imidazole rings is 1.